The average Bonchev–Trinajstić information content (AvgIpc) is 2.53. The number of aromatic hydroxyl groups is 2. The maximum Gasteiger partial charge on any atom is 0.197 e. The number of nitrogens with zero attached hydrogens (tertiary/aromatic N) is 1. The van der Waals surface area contributed by atoms with Crippen LogP contribution in [0.5, 0.6) is 11.8 Å². The van der Waals surface area contributed by atoms with E-state index in [0.29, 0.717) is 0 Å². The van der Waals surface area contributed by atoms with Crippen molar-refractivity contribution in [1.29, 1.82) is 0 Å². The second kappa shape index (κ2) is 5.59. The summed E-state index contributed by atoms with van der Waals surface area (Å²) in [6, 6.07) is 2.71. The Morgan fingerprint density at radius 1 is 1.26 bits per heavy atom. The van der Waals surface area contributed by atoms with E-state index in [4.69, 9.17) is 4.43 Å². The maximum absolute atomic E-state index is 10.2. The molecule has 5 heteroatoms. The standard InChI is InChI=1S/C14H27NO3Si/c1-14(2,3)15-12(16)10-11(13(15)17)8-7-9-19(5,6)18-4/h10,16-17H,7-9H2,1-6H3. The summed E-state index contributed by atoms with van der Waals surface area (Å²) < 4.78 is 7.08. The van der Waals surface area contributed by atoms with Gasteiger partial charge in [-0.15, -0.1) is 0 Å². The third-order valence-electron chi connectivity index (χ3n) is 3.48. The molecule has 0 unspecified atom stereocenters. The third kappa shape index (κ3) is 4.01. The zero-order chi connectivity index (χ0) is 14.8. The van der Waals surface area contributed by atoms with Crippen LogP contribution in [0, 0.1) is 0 Å². The monoisotopic (exact) mass is 285 g/mol. The SMILES string of the molecule is CO[Si](C)(C)CCCc1cc(O)n(C(C)(C)C)c1O. The van der Waals surface area contributed by atoms with Gasteiger partial charge in [0.05, 0.1) is 0 Å². The van der Waals surface area contributed by atoms with Crippen molar-refractivity contribution in [2.45, 2.75) is 58.3 Å². The average molecular weight is 285 g/mol. The van der Waals surface area contributed by atoms with Gasteiger partial charge in [0, 0.05) is 24.3 Å². The van der Waals surface area contributed by atoms with Crippen molar-refractivity contribution in [2.24, 2.45) is 0 Å². The Bertz CT molecular complexity index is 433. The maximum atomic E-state index is 10.2. The summed E-state index contributed by atoms with van der Waals surface area (Å²) in [4.78, 5) is 0. The molecule has 1 heterocycles. The summed E-state index contributed by atoms with van der Waals surface area (Å²) in [6.07, 6.45) is 1.73. The summed E-state index contributed by atoms with van der Waals surface area (Å²) in [6.45, 7) is 10.2. The van der Waals surface area contributed by atoms with Gasteiger partial charge in [0.25, 0.3) is 0 Å². The minimum absolute atomic E-state index is 0.128. The number of aryl methyl sites for hydroxylation is 1. The van der Waals surface area contributed by atoms with Gasteiger partial charge in [0.1, 0.15) is 0 Å². The van der Waals surface area contributed by atoms with Crippen LogP contribution in [-0.2, 0) is 16.4 Å². The number of hydrogen-bond acceptors (Lipinski definition) is 3. The molecule has 4 nitrogen and oxygen atoms in total. The highest BCUT2D eigenvalue weighted by Crippen LogP contribution is 2.35. The highest BCUT2D eigenvalue weighted by molar-refractivity contribution is 6.71. The number of hydrogen-bond donors (Lipinski definition) is 2. The topological polar surface area (TPSA) is 54.6 Å². The van der Waals surface area contributed by atoms with E-state index in [-0.39, 0.29) is 17.3 Å². The fourth-order valence-corrected chi connectivity index (χ4v) is 3.42. The van der Waals surface area contributed by atoms with E-state index in [2.05, 4.69) is 13.1 Å². The third-order valence-corrected chi connectivity index (χ3v) is 6.14. The Morgan fingerprint density at radius 2 is 1.84 bits per heavy atom. The summed E-state index contributed by atoms with van der Waals surface area (Å²) in [5, 5.41) is 20.2. The Morgan fingerprint density at radius 3 is 2.26 bits per heavy atom. The van der Waals surface area contributed by atoms with Crippen molar-refractivity contribution >= 4 is 8.32 Å². The minimum atomic E-state index is -1.54. The lowest BCUT2D eigenvalue weighted by Gasteiger charge is -2.23. The lowest BCUT2D eigenvalue weighted by molar-refractivity contribution is 0.283. The van der Waals surface area contributed by atoms with Crippen molar-refractivity contribution in [1.82, 2.24) is 4.57 Å². The van der Waals surface area contributed by atoms with Crippen molar-refractivity contribution in [3.8, 4) is 11.8 Å². The quantitative estimate of drug-likeness (QED) is 0.815. The lowest BCUT2D eigenvalue weighted by Crippen LogP contribution is -2.28. The molecule has 1 aromatic heterocycles. The highest BCUT2D eigenvalue weighted by Gasteiger charge is 2.24. The number of aromatic nitrogens is 1. The molecule has 0 radical (unpaired) electrons. The first kappa shape index (κ1) is 16.1. The van der Waals surface area contributed by atoms with Gasteiger partial charge < -0.3 is 14.6 Å². The molecule has 0 spiro atoms. The van der Waals surface area contributed by atoms with Gasteiger partial charge in [-0.2, -0.15) is 0 Å². The van der Waals surface area contributed by atoms with Gasteiger partial charge in [0.15, 0.2) is 20.1 Å². The van der Waals surface area contributed by atoms with Crippen LogP contribution >= 0.6 is 0 Å². The summed E-state index contributed by atoms with van der Waals surface area (Å²) in [7, 11) is 0.227. The normalized spacial score (nSPS) is 12.9. The van der Waals surface area contributed by atoms with Crippen molar-refractivity contribution < 1.29 is 14.6 Å². The second-order valence-electron chi connectivity index (χ2n) is 6.67. The molecule has 19 heavy (non-hydrogen) atoms. The molecule has 0 atom stereocenters. The molecule has 0 aromatic carbocycles. The zero-order valence-electron chi connectivity index (χ0n) is 12.9. The van der Waals surface area contributed by atoms with Gasteiger partial charge in [-0.3, -0.25) is 4.57 Å². The smallest absolute Gasteiger partial charge is 0.197 e. The molecule has 1 aromatic rings. The van der Waals surface area contributed by atoms with E-state index in [1.54, 1.807) is 17.7 Å². The van der Waals surface area contributed by atoms with Crippen LogP contribution in [0.2, 0.25) is 19.1 Å². The van der Waals surface area contributed by atoms with E-state index < -0.39 is 8.32 Å². The predicted molar refractivity (Wildman–Crippen MR) is 80.4 cm³/mol. The van der Waals surface area contributed by atoms with E-state index in [0.717, 1.165) is 24.4 Å². The molecule has 0 fully saturated rings. The van der Waals surface area contributed by atoms with E-state index in [9.17, 15) is 10.2 Å². The molecule has 110 valence electrons. The van der Waals surface area contributed by atoms with E-state index in [1.807, 2.05) is 20.8 Å². The van der Waals surface area contributed by atoms with Crippen LogP contribution in [0.4, 0.5) is 0 Å². The first-order chi connectivity index (χ1) is 8.58. The molecule has 0 bridgehead atoms. The van der Waals surface area contributed by atoms with E-state index >= 15 is 0 Å². The lowest BCUT2D eigenvalue weighted by atomic mass is 10.1. The van der Waals surface area contributed by atoms with Crippen LogP contribution < -0.4 is 0 Å². The molecule has 2 N–H and O–H groups in total. The van der Waals surface area contributed by atoms with Crippen LogP contribution in [-0.4, -0.2) is 30.2 Å². The largest absolute Gasteiger partial charge is 0.494 e. The Kier molecular flexibility index (Phi) is 4.74. The minimum Gasteiger partial charge on any atom is -0.494 e. The molecular formula is C14H27NO3Si. The Labute approximate surface area is 117 Å². The van der Waals surface area contributed by atoms with Gasteiger partial charge in [0.2, 0.25) is 0 Å². The van der Waals surface area contributed by atoms with Crippen molar-refractivity contribution in [3.63, 3.8) is 0 Å². The second-order valence-corrected chi connectivity index (χ2v) is 11.1. The van der Waals surface area contributed by atoms with Gasteiger partial charge in [-0.1, -0.05) is 0 Å². The Hall–Kier alpha value is -0.943. The molecule has 1 rings (SSSR count). The molecule has 0 aliphatic carbocycles. The van der Waals surface area contributed by atoms with Crippen LogP contribution in [0.3, 0.4) is 0 Å². The summed E-state index contributed by atoms with van der Waals surface area (Å²) in [5.74, 6) is 0.310. The van der Waals surface area contributed by atoms with Crippen LogP contribution in [0.1, 0.15) is 32.8 Å². The molecule has 0 saturated heterocycles. The zero-order valence-corrected chi connectivity index (χ0v) is 13.9. The van der Waals surface area contributed by atoms with Crippen LogP contribution in [0.25, 0.3) is 0 Å². The first-order valence-electron chi connectivity index (χ1n) is 6.76. The van der Waals surface area contributed by atoms with Gasteiger partial charge in [-0.25, -0.2) is 0 Å². The molecule has 0 amide bonds. The van der Waals surface area contributed by atoms with E-state index in [1.165, 1.54) is 0 Å². The fraction of sp³-hybridized carbons (Fsp3) is 0.714. The fourth-order valence-electron chi connectivity index (χ4n) is 2.19. The van der Waals surface area contributed by atoms with Crippen molar-refractivity contribution in [2.75, 3.05) is 7.11 Å². The van der Waals surface area contributed by atoms with Crippen LogP contribution in [0.15, 0.2) is 6.07 Å². The number of rotatable bonds is 5. The summed E-state index contributed by atoms with van der Waals surface area (Å²) >= 11 is 0. The first-order valence-corrected chi connectivity index (χ1v) is 9.88. The summed E-state index contributed by atoms with van der Waals surface area (Å²) in [5.41, 5.74) is 0.487. The molecule has 0 saturated carbocycles. The van der Waals surface area contributed by atoms with Gasteiger partial charge >= 0.3 is 0 Å². The molecule has 0 aliphatic rings. The highest BCUT2D eigenvalue weighted by atomic mass is 28.4. The Balaban J connectivity index is 2.77. The molecule has 0 aliphatic heterocycles. The molecular weight excluding hydrogens is 258 g/mol. The van der Waals surface area contributed by atoms with Gasteiger partial charge in [-0.05, 0) is 52.8 Å². The predicted octanol–water partition coefficient (Wildman–Crippen LogP) is 3.44. The van der Waals surface area contributed by atoms with Crippen molar-refractivity contribution in [3.05, 3.63) is 11.6 Å².